The zero-order chi connectivity index (χ0) is 18.1. The molecule has 25 heavy (non-hydrogen) atoms. The van der Waals surface area contributed by atoms with Crippen LogP contribution in [-0.2, 0) is 27.8 Å². The molecule has 2 aromatic carbocycles. The molecule has 0 atom stereocenters. The highest BCUT2D eigenvalue weighted by atomic mass is 32.2. The van der Waals surface area contributed by atoms with Crippen molar-refractivity contribution in [1.29, 1.82) is 0 Å². The lowest BCUT2D eigenvalue weighted by Crippen LogP contribution is -2.37. The zero-order valence-electron chi connectivity index (χ0n) is 13.7. The van der Waals surface area contributed by atoms with Crippen LogP contribution in [-0.4, -0.2) is 26.6 Å². The average molecular weight is 364 g/mol. The fourth-order valence-electron chi connectivity index (χ4n) is 2.22. The van der Waals surface area contributed by atoms with Crippen LogP contribution in [0.2, 0.25) is 0 Å². The minimum atomic E-state index is -3.50. The predicted molar refractivity (Wildman–Crippen MR) is 94.8 cm³/mol. The van der Waals surface area contributed by atoms with Gasteiger partial charge in [-0.1, -0.05) is 42.5 Å². The number of sulfonamides is 1. The summed E-state index contributed by atoms with van der Waals surface area (Å²) in [7, 11) is -3.50. The molecule has 0 radical (unpaired) electrons. The third-order valence-electron chi connectivity index (χ3n) is 3.58. The number of hydrogen-bond donors (Lipinski definition) is 2. The molecular weight excluding hydrogens is 343 g/mol. The second kappa shape index (κ2) is 9.29. The summed E-state index contributed by atoms with van der Waals surface area (Å²) >= 11 is 0. The lowest BCUT2D eigenvalue weighted by molar-refractivity contribution is -0.120. The normalized spacial score (nSPS) is 11.2. The van der Waals surface area contributed by atoms with Gasteiger partial charge in [-0.05, 0) is 36.1 Å². The summed E-state index contributed by atoms with van der Waals surface area (Å²) in [5, 5.41) is 2.58. The van der Waals surface area contributed by atoms with Gasteiger partial charge in [0.15, 0.2) is 0 Å². The van der Waals surface area contributed by atoms with E-state index in [2.05, 4.69) is 10.0 Å². The van der Waals surface area contributed by atoms with Gasteiger partial charge in [0.25, 0.3) is 0 Å². The molecule has 7 heteroatoms. The van der Waals surface area contributed by atoms with E-state index in [1.165, 1.54) is 12.1 Å². The van der Waals surface area contributed by atoms with Crippen LogP contribution in [0.1, 0.15) is 17.5 Å². The predicted octanol–water partition coefficient (Wildman–Crippen LogP) is 1.99. The number of amides is 1. The first kappa shape index (κ1) is 19.1. The Morgan fingerprint density at radius 2 is 1.64 bits per heavy atom. The van der Waals surface area contributed by atoms with Crippen LogP contribution in [0.4, 0.5) is 4.39 Å². The van der Waals surface area contributed by atoms with Gasteiger partial charge in [0.1, 0.15) is 5.82 Å². The summed E-state index contributed by atoms with van der Waals surface area (Å²) in [5.41, 5.74) is 1.82. The molecule has 2 rings (SSSR count). The number of aryl methyl sites for hydroxylation is 1. The van der Waals surface area contributed by atoms with Crippen LogP contribution < -0.4 is 10.0 Å². The van der Waals surface area contributed by atoms with E-state index in [9.17, 15) is 17.6 Å². The lowest BCUT2D eigenvalue weighted by Gasteiger charge is -2.08. The number of benzene rings is 2. The van der Waals surface area contributed by atoms with Crippen molar-refractivity contribution in [2.45, 2.75) is 19.4 Å². The smallest absolute Gasteiger partial charge is 0.235 e. The highest BCUT2D eigenvalue weighted by molar-refractivity contribution is 7.89. The first-order chi connectivity index (χ1) is 11.9. The molecule has 5 nitrogen and oxygen atoms in total. The molecule has 0 aliphatic carbocycles. The molecule has 0 heterocycles. The van der Waals surface area contributed by atoms with Crippen molar-refractivity contribution < 1.29 is 17.6 Å². The number of nitrogens with one attached hydrogen (secondary N) is 2. The van der Waals surface area contributed by atoms with E-state index in [4.69, 9.17) is 0 Å². The first-order valence-electron chi connectivity index (χ1n) is 7.97. The molecule has 0 aliphatic heterocycles. The maximum atomic E-state index is 12.8. The molecule has 0 aliphatic rings. The maximum absolute atomic E-state index is 12.8. The van der Waals surface area contributed by atoms with Gasteiger partial charge in [-0.3, -0.25) is 4.79 Å². The van der Waals surface area contributed by atoms with E-state index in [0.717, 1.165) is 11.1 Å². The molecular formula is C18H21FN2O3S. The van der Waals surface area contributed by atoms with Gasteiger partial charge in [0, 0.05) is 6.54 Å². The van der Waals surface area contributed by atoms with Crippen LogP contribution in [0.5, 0.6) is 0 Å². The van der Waals surface area contributed by atoms with Crippen LogP contribution in [0.3, 0.4) is 0 Å². The monoisotopic (exact) mass is 364 g/mol. The van der Waals surface area contributed by atoms with Crippen molar-refractivity contribution in [3.05, 3.63) is 71.5 Å². The Balaban J connectivity index is 1.67. The number of carbonyl (C=O) groups excluding carboxylic acids is 1. The van der Waals surface area contributed by atoms with E-state index in [-0.39, 0.29) is 24.7 Å². The topological polar surface area (TPSA) is 75.3 Å². The van der Waals surface area contributed by atoms with Crippen molar-refractivity contribution in [3.8, 4) is 0 Å². The van der Waals surface area contributed by atoms with Gasteiger partial charge < -0.3 is 5.32 Å². The minimum absolute atomic E-state index is 0.0346. The minimum Gasteiger partial charge on any atom is -0.351 e. The fourth-order valence-corrected chi connectivity index (χ4v) is 3.24. The van der Waals surface area contributed by atoms with Crippen LogP contribution in [0.15, 0.2) is 54.6 Å². The molecule has 0 spiro atoms. The van der Waals surface area contributed by atoms with E-state index in [1.807, 2.05) is 30.3 Å². The van der Waals surface area contributed by atoms with Crippen molar-refractivity contribution in [1.82, 2.24) is 10.0 Å². The Labute approximate surface area is 147 Å². The molecule has 0 unspecified atom stereocenters. The SMILES string of the molecule is O=C(CNS(=O)(=O)CCCc1ccccc1)NCc1ccc(F)cc1. The summed E-state index contributed by atoms with van der Waals surface area (Å²) in [6, 6.07) is 15.3. The van der Waals surface area contributed by atoms with Crippen LogP contribution in [0, 0.1) is 5.82 Å². The van der Waals surface area contributed by atoms with Gasteiger partial charge in [0.2, 0.25) is 15.9 Å². The molecule has 0 saturated carbocycles. The largest absolute Gasteiger partial charge is 0.351 e. The number of hydrogen-bond acceptors (Lipinski definition) is 3. The Bertz CT molecular complexity index is 778. The second-order valence-electron chi connectivity index (χ2n) is 5.63. The molecule has 0 saturated heterocycles. The average Bonchev–Trinajstić information content (AvgIpc) is 2.60. The van der Waals surface area contributed by atoms with Gasteiger partial charge in [0.05, 0.1) is 12.3 Å². The summed E-state index contributed by atoms with van der Waals surface area (Å²) in [5.74, 6) is -0.818. The second-order valence-corrected chi connectivity index (χ2v) is 7.56. The quantitative estimate of drug-likeness (QED) is 0.715. The molecule has 0 fully saturated rings. The molecule has 1 amide bonds. The number of rotatable bonds is 9. The van der Waals surface area contributed by atoms with Crippen molar-refractivity contribution in [2.75, 3.05) is 12.3 Å². The maximum Gasteiger partial charge on any atom is 0.235 e. The summed E-state index contributed by atoms with van der Waals surface area (Å²) in [6.07, 6.45) is 1.15. The molecule has 0 aromatic heterocycles. The lowest BCUT2D eigenvalue weighted by atomic mass is 10.1. The molecule has 0 bridgehead atoms. The highest BCUT2D eigenvalue weighted by Gasteiger charge is 2.12. The van der Waals surface area contributed by atoms with Crippen LogP contribution >= 0.6 is 0 Å². The van der Waals surface area contributed by atoms with E-state index in [1.54, 1.807) is 12.1 Å². The van der Waals surface area contributed by atoms with Gasteiger partial charge in [-0.15, -0.1) is 0 Å². The van der Waals surface area contributed by atoms with Gasteiger partial charge in [-0.2, -0.15) is 0 Å². The summed E-state index contributed by atoms with van der Waals surface area (Å²) in [6.45, 7) is -0.0935. The van der Waals surface area contributed by atoms with Crippen molar-refractivity contribution in [3.63, 3.8) is 0 Å². The Morgan fingerprint density at radius 1 is 0.960 bits per heavy atom. The Morgan fingerprint density at radius 3 is 2.32 bits per heavy atom. The molecule has 2 N–H and O–H groups in total. The van der Waals surface area contributed by atoms with Gasteiger partial charge >= 0.3 is 0 Å². The molecule has 134 valence electrons. The zero-order valence-corrected chi connectivity index (χ0v) is 14.6. The van der Waals surface area contributed by atoms with Gasteiger partial charge in [-0.25, -0.2) is 17.5 Å². The molecule has 2 aromatic rings. The van der Waals surface area contributed by atoms with Crippen molar-refractivity contribution in [2.24, 2.45) is 0 Å². The third-order valence-corrected chi connectivity index (χ3v) is 4.99. The first-order valence-corrected chi connectivity index (χ1v) is 9.62. The van der Waals surface area contributed by atoms with E-state index < -0.39 is 15.9 Å². The third kappa shape index (κ3) is 7.45. The highest BCUT2D eigenvalue weighted by Crippen LogP contribution is 2.04. The van der Waals surface area contributed by atoms with E-state index >= 15 is 0 Å². The Kier molecular flexibility index (Phi) is 7.09. The van der Waals surface area contributed by atoms with Crippen molar-refractivity contribution >= 4 is 15.9 Å². The standard InChI is InChI=1S/C18H21FN2O3S/c19-17-10-8-16(9-11-17)13-20-18(22)14-21-25(23,24)12-4-7-15-5-2-1-3-6-15/h1-3,5-6,8-11,21H,4,7,12-14H2,(H,20,22). The summed E-state index contributed by atoms with van der Waals surface area (Å²) < 4.78 is 38.9. The fraction of sp³-hybridized carbons (Fsp3) is 0.278. The summed E-state index contributed by atoms with van der Waals surface area (Å²) in [4.78, 5) is 11.7. The number of halogens is 1. The Hall–Kier alpha value is -2.25. The van der Waals surface area contributed by atoms with Crippen LogP contribution in [0.25, 0.3) is 0 Å². The number of carbonyl (C=O) groups is 1. The van der Waals surface area contributed by atoms with E-state index in [0.29, 0.717) is 12.8 Å².